The Morgan fingerprint density at radius 3 is 2.87 bits per heavy atom. The Morgan fingerprint density at radius 1 is 1.13 bits per heavy atom. The lowest BCUT2D eigenvalue weighted by molar-refractivity contribution is 0.0616. The third kappa shape index (κ3) is 6.52. The molecule has 3 N–H and O–H groups in total. The lowest BCUT2D eigenvalue weighted by Gasteiger charge is -2.30. The van der Waals surface area contributed by atoms with Crippen molar-refractivity contribution in [3.05, 3.63) is 65.9 Å². The van der Waals surface area contributed by atoms with E-state index in [9.17, 15) is 13.6 Å². The zero-order valence-electron chi connectivity index (χ0n) is 21.4. The quantitative estimate of drug-likeness (QED) is 0.259. The Kier molecular flexibility index (Phi) is 8.33. The maximum absolute atomic E-state index is 14.7. The minimum absolute atomic E-state index is 0.0542. The molecule has 0 spiro atoms. The first kappa shape index (κ1) is 26.6. The summed E-state index contributed by atoms with van der Waals surface area (Å²) in [7, 11) is 1.61. The average molecular weight is 538 g/mol. The number of aromatic nitrogens is 5. The molecule has 39 heavy (non-hydrogen) atoms. The number of fused-ring (bicyclic) bond motifs is 1. The molecular formula is C27H29F2N7O3. The lowest BCUT2D eigenvalue weighted by atomic mass is 9.91. The summed E-state index contributed by atoms with van der Waals surface area (Å²) < 4.78 is 38.9. The number of hydrogen-bond donors (Lipinski definition) is 3. The van der Waals surface area contributed by atoms with Crippen molar-refractivity contribution in [1.82, 2.24) is 30.2 Å². The summed E-state index contributed by atoms with van der Waals surface area (Å²) >= 11 is 0. The molecule has 12 heteroatoms. The minimum atomic E-state index is -0.595. The van der Waals surface area contributed by atoms with E-state index in [1.807, 2.05) is 0 Å². The fourth-order valence-corrected chi connectivity index (χ4v) is 4.69. The number of ether oxygens (including phenoxy) is 2. The van der Waals surface area contributed by atoms with Gasteiger partial charge in [-0.2, -0.15) is 0 Å². The molecule has 4 aromatic heterocycles. The number of H-pyrrole nitrogens is 1. The highest BCUT2D eigenvalue weighted by Crippen LogP contribution is 2.28. The number of carbonyl (C=O) groups excluding carboxylic acids is 1. The fourth-order valence-electron chi connectivity index (χ4n) is 4.69. The molecule has 5 rings (SSSR count). The average Bonchev–Trinajstić information content (AvgIpc) is 3.36. The van der Waals surface area contributed by atoms with Gasteiger partial charge in [-0.1, -0.05) is 0 Å². The first-order valence-electron chi connectivity index (χ1n) is 12.7. The molecular weight excluding hydrogens is 508 g/mol. The largest absolute Gasteiger partial charge is 0.382 e. The van der Waals surface area contributed by atoms with Crippen LogP contribution in [0, 0.1) is 11.6 Å². The van der Waals surface area contributed by atoms with E-state index >= 15 is 0 Å². The number of rotatable bonds is 10. The number of hydrogen-bond acceptors (Lipinski definition) is 8. The maximum Gasteiger partial charge on any atom is 0.270 e. The van der Waals surface area contributed by atoms with E-state index in [1.54, 1.807) is 31.6 Å². The van der Waals surface area contributed by atoms with Crippen molar-refractivity contribution in [2.45, 2.75) is 44.4 Å². The van der Waals surface area contributed by atoms with Crippen LogP contribution in [-0.4, -0.2) is 63.2 Å². The molecule has 0 aliphatic heterocycles. The normalized spacial score (nSPS) is 17.3. The molecule has 1 saturated carbocycles. The van der Waals surface area contributed by atoms with Crippen LogP contribution < -0.4 is 10.6 Å². The van der Waals surface area contributed by atoms with E-state index in [0.717, 1.165) is 37.2 Å². The van der Waals surface area contributed by atoms with Crippen molar-refractivity contribution >= 4 is 22.8 Å². The number of methoxy groups -OCH3 is 1. The van der Waals surface area contributed by atoms with Crippen molar-refractivity contribution < 1.29 is 23.0 Å². The van der Waals surface area contributed by atoms with Gasteiger partial charge in [-0.25, -0.2) is 23.7 Å². The first-order valence-corrected chi connectivity index (χ1v) is 12.7. The van der Waals surface area contributed by atoms with E-state index in [2.05, 4.69) is 35.6 Å². The fraction of sp³-hybridized carbons (Fsp3) is 0.370. The van der Waals surface area contributed by atoms with Crippen molar-refractivity contribution in [1.29, 1.82) is 0 Å². The van der Waals surface area contributed by atoms with E-state index in [1.165, 1.54) is 6.07 Å². The van der Waals surface area contributed by atoms with Crippen LogP contribution in [0.3, 0.4) is 0 Å². The number of aromatic amines is 1. The number of nitrogens with one attached hydrogen (secondary N) is 3. The standard InChI is InChI=1S/C27H29F2N7O3/c1-38-7-8-39-15-16-5-6-30-23(9-16)27(37)35-19-4-2-3-18(11-19)34-26-22(29)14-33-25(36-26)21-13-32-24-20(21)10-17(28)12-31-24/h5-6,9-10,12-14,18-19H,2-4,7-8,11,15H2,1H3,(H,31,32)(H,35,37)(H,33,34,36)/t18-,19+/m0/s1. The van der Waals surface area contributed by atoms with Crippen LogP contribution in [-0.2, 0) is 16.1 Å². The minimum Gasteiger partial charge on any atom is -0.382 e. The van der Waals surface area contributed by atoms with Gasteiger partial charge in [0.25, 0.3) is 5.91 Å². The first-order chi connectivity index (χ1) is 19.0. The van der Waals surface area contributed by atoms with Crippen LogP contribution >= 0.6 is 0 Å². The van der Waals surface area contributed by atoms with Gasteiger partial charge < -0.3 is 25.1 Å². The summed E-state index contributed by atoms with van der Waals surface area (Å²) in [5.41, 5.74) is 2.17. The van der Waals surface area contributed by atoms with Gasteiger partial charge in [-0.3, -0.25) is 9.78 Å². The van der Waals surface area contributed by atoms with Gasteiger partial charge >= 0.3 is 0 Å². The van der Waals surface area contributed by atoms with E-state index in [0.29, 0.717) is 48.5 Å². The molecule has 0 radical (unpaired) electrons. The second-order valence-electron chi connectivity index (χ2n) is 9.42. The molecule has 2 atom stereocenters. The molecule has 1 aliphatic rings. The smallest absolute Gasteiger partial charge is 0.270 e. The predicted octanol–water partition coefficient (Wildman–Crippen LogP) is 4.01. The van der Waals surface area contributed by atoms with Crippen molar-refractivity contribution in [3.8, 4) is 11.4 Å². The number of pyridine rings is 2. The predicted molar refractivity (Wildman–Crippen MR) is 140 cm³/mol. The number of carbonyl (C=O) groups is 1. The highest BCUT2D eigenvalue weighted by atomic mass is 19.1. The Bertz CT molecular complexity index is 1450. The molecule has 1 aliphatic carbocycles. The number of anilines is 1. The summed E-state index contributed by atoms with van der Waals surface area (Å²) in [4.78, 5) is 32.6. The second kappa shape index (κ2) is 12.2. The van der Waals surface area contributed by atoms with Crippen molar-refractivity contribution in [2.24, 2.45) is 0 Å². The van der Waals surface area contributed by atoms with Crippen LogP contribution in [0.2, 0.25) is 0 Å². The van der Waals surface area contributed by atoms with Crippen LogP contribution in [0.15, 0.2) is 43.0 Å². The third-order valence-corrected chi connectivity index (χ3v) is 6.59. The molecule has 0 saturated heterocycles. The molecule has 10 nitrogen and oxygen atoms in total. The van der Waals surface area contributed by atoms with Gasteiger partial charge in [0.15, 0.2) is 17.5 Å². The molecule has 0 unspecified atom stereocenters. The third-order valence-electron chi connectivity index (χ3n) is 6.59. The Morgan fingerprint density at radius 2 is 2.00 bits per heavy atom. The van der Waals surface area contributed by atoms with Crippen LogP contribution in [0.25, 0.3) is 22.4 Å². The number of amides is 1. The summed E-state index contributed by atoms with van der Waals surface area (Å²) in [6, 6.07) is 4.63. The van der Waals surface area contributed by atoms with Crippen LogP contribution in [0.4, 0.5) is 14.6 Å². The number of halogens is 2. The molecule has 1 fully saturated rings. The highest BCUT2D eigenvalue weighted by Gasteiger charge is 2.25. The lowest BCUT2D eigenvalue weighted by Crippen LogP contribution is -2.42. The van der Waals surface area contributed by atoms with Gasteiger partial charge in [0.05, 0.1) is 32.2 Å². The molecule has 4 aromatic rings. The molecule has 1 amide bonds. The van der Waals surface area contributed by atoms with Crippen LogP contribution in [0.1, 0.15) is 41.7 Å². The molecule has 204 valence electrons. The van der Waals surface area contributed by atoms with Gasteiger partial charge in [0, 0.05) is 42.5 Å². The summed E-state index contributed by atoms with van der Waals surface area (Å²) in [6.45, 7) is 1.32. The van der Waals surface area contributed by atoms with E-state index in [-0.39, 0.29) is 29.6 Å². The molecule has 0 bridgehead atoms. The summed E-state index contributed by atoms with van der Waals surface area (Å²) in [5.74, 6) is -1.05. The maximum atomic E-state index is 14.7. The SMILES string of the molecule is COCCOCc1ccnc(C(=O)N[C@@H]2CCC[C@H](Nc3nc(-c4c[nH]c5ncc(F)cc45)ncc3F)C2)c1. The van der Waals surface area contributed by atoms with E-state index < -0.39 is 11.6 Å². The van der Waals surface area contributed by atoms with Gasteiger partial charge in [0.2, 0.25) is 0 Å². The zero-order valence-corrected chi connectivity index (χ0v) is 21.4. The van der Waals surface area contributed by atoms with Crippen molar-refractivity contribution in [3.63, 3.8) is 0 Å². The number of nitrogens with zero attached hydrogens (tertiary/aromatic N) is 4. The molecule has 0 aromatic carbocycles. The van der Waals surface area contributed by atoms with Gasteiger partial charge in [0.1, 0.15) is 17.2 Å². The Labute approximate surface area is 223 Å². The van der Waals surface area contributed by atoms with Gasteiger partial charge in [-0.15, -0.1) is 0 Å². The van der Waals surface area contributed by atoms with E-state index in [4.69, 9.17) is 9.47 Å². The monoisotopic (exact) mass is 537 g/mol. The van der Waals surface area contributed by atoms with Gasteiger partial charge in [-0.05, 0) is 49.4 Å². The topological polar surface area (TPSA) is 127 Å². The summed E-state index contributed by atoms with van der Waals surface area (Å²) in [5, 5.41) is 6.74. The summed E-state index contributed by atoms with van der Waals surface area (Å²) in [6.07, 6.45) is 8.44. The molecule has 4 heterocycles. The second-order valence-corrected chi connectivity index (χ2v) is 9.42. The Hall–Kier alpha value is -4.03. The highest BCUT2D eigenvalue weighted by molar-refractivity contribution is 5.93. The Balaban J connectivity index is 1.23. The zero-order chi connectivity index (χ0) is 27.2. The van der Waals surface area contributed by atoms with Crippen molar-refractivity contribution in [2.75, 3.05) is 25.6 Å². The van der Waals surface area contributed by atoms with Crippen LogP contribution in [0.5, 0.6) is 0 Å².